The maximum Gasteiger partial charge on any atom is 0.337 e. The number of methoxy groups -OCH3 is 1. The number of hydrogen-bond donors (Lipinski definition) is 2. The molecule has 1 fully saturated rings. The smallest absolute Gasteiger partial charge is 0.337 e. The van der Waals surface area contributed by atoms with Crippen molar-refractivity contribution in [3.8, 4) is 6.07 Å². The molecular weight excluding hydrogens is 583 g/mol. The summed E-state index contributed by atoms with van der Waals surface area (Å²) in [6, 6.07) is 11.1. The van der Waals surface area contributed by atoms with Gasteiger partial charge in [-0.05, 0) is 53.7 Å². The highest BCUT2D eigenvalue weighted by atomic mass is 35.5. The Morgan fingerprint density at radius 3 is 2.60 bits per heavy atom. The molecule has 0 bridgehead atoms. The van der Waals surface area contributed by atoms with Crippen LogP contribution in [0.1, 0.15) is 55.1 Å². The van der Waals surface area contributed by atoms with Crippen LogP contribution < -0.4 is 10.6 Å². The third kappa shape index (κ3) is 6.24. The van der Waals surface area contributed by atoms with Gasteiger partial charge in [0.15, 0.2) is 0 Å². The van der Waals surface area contributed by atoms with Crippen molar-refractivity contribution in [1.29, 1.82) is 5.26 Å². The van der Waals surface area contributed by atoms with Crippen molar-refractivity contribution in [2.75, 3.05) is 7.11 Å². The number of nitriles is 1. The van der Waals surface area contributed by atoms with E-state index < -0.39 is 52.3 Å². The number of rotatable bonds is 7. The first-order valence-corrected chi connectivity index (χ1v) is 14.4. The van der Waals surface area contributed by atoms with Crippen molar-refractivity contribution >= 4 is 35.1 Å². The van der Waals surface area contributed by atoms with Crippen LogP contribution in [0.25, 0.3) is 0 Å². The van der Waals surface area contributed by atoms with Gasteiger partial charge in [0.1, 0.15) is 17.1 Å². The number of halogens is 4. The molecule has 4 rings (SSSR count). The van der Waals surface area contributed by atoms with Gasteiger partial charge in [-0.25, -0.2) is 13.6 Å². The summed E-state index contributed by atoms with van der Waals surface area (Å²) in [5.41, 5.74) is -0.995. The van der Waals surface area contributed by atoms with E-state index in [-0.39, 0.29) is 34.5 Å². The summed E-state index contributed by atoms with van der Waals surface area (Å²) in [4.78, 5) is 25.9. The number of allylic oxidation sites excluding steroid dienone is 3. The summed E-state index contributed by atoms with van der Waals surface area (Å²) in [5.74, 6) is -3.54. The molecule has 2 aromatic rings. The van der Waals surface area contributed by atoms with Gasteiger partial charge in [0.05, 0.1) is 30.2 Å². The molecule has 2 aliphatic rings. The molecule has 10 heteroatoms. The number of esters is 1. The number of nitrogens with zero attached hydrogens (tertiary/aromatic N) is 1. The van der Waals surface area contributed by atoms with Crippen molar-refractivity contribution in [2.24, 2.45) is 11.3 Å². The fourth-order valence-corrected chi connectivity index (χ4v) is 6.34. The largest absolute Gasteiger partial charge is 0.465 e. The Morgan fingerprint density at radius 2 is 1.95 bits per heavy atom. The molecule has 5 unspecified atom stereocenters. The first-order valence-electron chi connectivity index (χ1n) is 13.6. The minimum absolute atomic E-state index is 0.0209. The number of carbonyl (C=O) groups is 2. The third-order valence-corrected chi connectivity index (χ3v) is 8.36. The standard InChI is InChI=1S/C32H33Cl2F2N3O3/c1-31(2,3)15-25-32(17-37,22-12-11-20(33)14-24(22)35)26(21-9-6-10-23(34)27(21)36)28(39-25)29(40)38-16-18-7-5-8-19(13-18)30(41)42-4/h5-9,11-14,23,25-26,28,39H,10,15-16H2,1-4H3,(H,38,40). The lowest BCUT2D eigenvalue weighted by molar-refractivity contribution is -0.123. The van der Waals surface area contributed by atoms with Crippen LogP contribution in [0, 0.1) is 28.5 Å². The minimum atomic E-state index is -1.69. The Bertz CT molecular complexity index is 1480. The zero-order valence-electron chi connectivity index (χ0n) is 23.8. The summed E-state index contributed by atoms with van der Waals surface area (Å²) in [5, 5.41) is 16.3. The number of ether oxygens (including phenoxy) is 1. The van der Waals surface area contributed by atoms with Crippen LogP contribution in [-0.4, -0.2) is 36.4 Å². The van der Waals surface area contributed by atoms with Crippen molar-refractivity contribution in [3.63, 3.8) is 0 Å². The third-order valence-electron chi connectivity index (χ3n) is 7.76. The van der Waals surface area contributed by atoms with Gasteiger partial charge in [-0.2, -0.15) is 5.26 Å². The van der Waals surface area contributed by atoms with E-state index >= 15 is 8.78 Å². The zero-order valence-corrected chi connectivity index (χ0v) is 25.3. The van der Waals surface area contributed by atoms with E-state index in [0.717, 1.165) is 6.07 Å². The number of alkyl halides is 1. The van der Waals surface area contributed by atoms with E-state index in [0.29, 0.717) is 17.5 Å². The second kappa shape index (κ2) is 12.5. The predicted octanol–water partition coefficient (Wildman–Crippen LogP) is 6.53. The van der Waals surface area contributed by atoms with E-state index in [2.05, 4.69) is 16.7 Å². The molecule has 0 aromatic heterocycles. The van der Waals surface area contributed by atoms with Crippen LogP contribution in [0.5, 0.6) is 0 Å². The molecule has 2 N–H and O–H groups in total. The number of carbonyl (C=O) groups excluding carboxylic acids is 2. The fraction of sp³-hybridized carbons (Fsp3) is 0.406. The maximum absolute atomic E-state index is 15.8. The van der Waals surface area contributed by atoms with Gasteiger partial charge < -0.3 is 15.4 Å². The van der Waals surface area contributed by atoms with Crippen molar-refractivity contribution in [3.05, 3.63) is 93.5 Å². The average Bonchev–Trinajstić information content (AvgIpc) is 3.25. The van der Waals surface area contributed by atoms with Gasteiger partial charge in [0.25, 0.3) is 0 Å². The Balaban J connectivity index is 1.83. The molecule has 42 heavy (non-hydrogen) atoms. The van der Waals surface area contributed by atoms with Gasteiger partial charge in [-0.15, -0.1) is 11.6 Å². The lowest BCUT2D eigenvalue weighted by Gasteiger charge is -2.38. The predicted molar refractivity (Wildman–Crippen MR) is 158 cm³/mol. The summed E-state index contributed by atoms with van der Waals surface area (Å²) in [6.45, 7) is 5.96. The van der Waals surface area contributed by atoms with Crippen LogP contribution in [-0.2, 0) is 21.5 Å². The summed E-state index contributed by atoms with van der Waals surface area (Å²) < 4.78 is 36.3. The van der Waals surface area contributed by atoms with Crippen molar-refractivity contribution in [2.45, 2.75) is 63.0 Å². The Morgan fingerprint density at radius 1 is 1.21 bits per heavy atom. The van der Waals surface area contributed by atoms with Gasteiger partial charge in [0, 0.05) is 29.1 Å². The van der Waals surface area contributed by atoms with Crippen molar-refractivity contribution < 1.29 is 23.1 Å². The minimum Gasteiger partial charge on any atom is -0.465 e. The van der Waals surface area contributed by atoms with E-state index in [1.807, 2.05) is 20.8 Å². The highest BCUT2D eigenvalue weighted by Crippen LogP contribution is 2.52. The summed E-state index contributed by atoms with van der Waals surface area (Å²) in [6.07, 6.45) is 3.85. The topological polar surface area (TPSA) is 91.2 Å². The quantitative estimate of drug-likeness (QED) is 0.273. The summed E-state index contributed by atoms with van der Waals surface area (Å²) in [7, 11) is 1.28. The number of amides is 1. The molecule has 1 aliphatic carbocycles. The second-order valence-corrected chi connectivity index (χ2v) is 12.8. The molecular formula is C32H33Cl2F2N3O3. The first-order chi connectivity index (χ1) is 19.8. The lowest BCUT2D eigenvalue weighted by atomic mass is 9.62. The molecule has 0 saturated carbocycles. The molecule has 222 valence electrons. The molecule has 6 nitrogen and oxygen atoms in total. The summed E-state index contributed by atoms with van der Waals surface area (Å²) >= 11 is 12.4. The van der Waals surface area contributed by atoms with E-state index in [4.69, 9.17) is 27.9 Å². The molecule has 1 saturated heterocycles. The van der Waals surface area contributed by atoms with Gasteiger partial charge >= 0.3 is 5.97 Å². The van der Waals surface area contributed by atoms with Crippen molar-refractivity contribution in [1.82, 2.24) is 10.6 Å². The normalized spacial score (nSPS) is 25.7. The molecule has 0 radical (unpaired) electrons. The highest BCUT2D eigenvalue weighted by Gasteiger charge is 2.61. The van der Waals surface area contributed by atoms with Crippen LogP contribution in [0.3, 0.4) is 0 Å². The van der Waals surface area contributed by atoms with E-state index in [1.165, 1.54) is 19.2 Å². The van der Waals surface area contributed by atoms with Gasteiger partial charge in [0.2, 0.25) is 5.91 Å². The number of benzene rings is 2. The van der Waals surface area contributed by atoms with E-state index in [9.17, 15) is 14.9 Å². The Labute approximate surface area is 254 Å². The highest BCUT2D eigenvalue weighted by molar-refractivity contribution is 6.30. The zero-order chi connectivity index (χ0) is 30.8. The molecule has 5 atom stereocenters. The van der Waals surface area contributed by atoms with Crippen LogP contribution >= 0.6 is 23.2 Å². The van der Waals surface area contributed by atoms with Gasteiger partial charge in [-0.1, -0.05) is 62.7 Å². The fourth-order valence-electron chi connectivity index (χ4n) is 5.95. The Kier molecular flexibility index (Phi) is 9.46. The second-order valence-electron chi connectivity index (χ2n) is 11.9. The monoisotopic (exact) mass is 615 g/mol. The molecule has 1 amide bonds. The average molecular weight is 617 g/mol. The van der Waals surface area contributed by atoms with Gasteiger partial charge in [-0.3, -0.25) is 4.79 Å². The molecule has 1 heterocycles. The lowest BCUT2D eigenvalue weighted by Crippen LogP contribution is -2.46. The van der Waals surface area contributed by atoms with E-state index in [1.54, 1.807) is 36.4 Å². The van der Waals surface area contributed by atoms with Crippen LogP contribution in [0.15, 0.2) is 66.0 Å². The number of hydrogen-bond acceptors (Lipinski definition) is 5. The first kappa shape index (κ1) is 31.7. The van der Waals surface area contributed by atoms with Crippen LogP contribution in [0.2, 0.25) is 5.02 Å². The molecule has 2 aromatic carbocycles. The van der Waals surface area contributed by atoms with Crippen LogP contribution in [0.4, 0.5) is 8.78 Å². The maximum atomic E-state index is 15.8. The molecule has 1 aliphatic heterocycles. The SMILES string of the molecule is COC(=O)c1cccc(CNC(=O)C2NC(CC(C)(C)C)C(C#N)(c3ccc(Cl)cc3F)C2C2=C(F)C(Cl)CC=C2)c1. The Hall–Kier alpha value is -3.25. The number of nitrogens with one attached hydrogen (secondary N) is 2. The molecule has 0 spiro atoms.